The molecule has 2 aromatic heterocycles. The predicted molar refractivity (Wildman–Crippen MR) is 137 cm³/mol. The van der Waals surface area contributed by atoms with E-state index in [2.05, 4.69) is 15.1 Å². The quantitative estimate of drug-likeness (QED) is 0.198. The molecule has 4 aromatic rings. The zero-order chi connectivity index (χ0) is 25.9. The molecule has 0 bridgehead atoms. The molecule has 3 atom stereocenters. The van der Waals surface area contributed by atoms with Crippen molar-refractivity contribution in [3.8, 4) is 0 Å². The average Bonchev–Trinajstić information content (AvgIpc) is 3.52. The van der Waals surface area contributed by atoms with Gasteiger partial charge in [0.1, 0.15) is 30.2 Å². The Morgan fingerprint density at radius 1 is 1.00 bits per heavy atom. The van der Waals surface area contributed by atoms with Crippen LogP contribution in [0.5, 0.6) is 0 Å². The molecule has 10 heteroatoms. The molecular formula is C27H26N4O5S. The van der Waals surface area contributed by atoms with Crippen LogP contribution in [0.2, 0.25) is 0 Å². The van der Waals surface area contributed by atoms with Crippen LogP contribution in [0.4, 0.5) is 0 Å². The summed E-state index contributed by atoms with van der Waals surface area (Å²) in [6.45, 7) is 3.82. The molecule has 190 valence electrons. The van der Waals surface area contributed by atoms with Crippen molar-refractivity contribution < 1.29 is 23.8 Å². The summed E-state index contributed by atoms with van der Waals surface area (Å²) in [4.78, 5) is 34.0. The van der Waals surface area contributed by atoms with Crippen LogP contribution in [0, 0.1) is 13.8 Å². The maximum absolute atomic E-state index is 12.9. The van der Waals surface area contributed by atoms with E-state index in [-0.39, 0.29) is 6.61 Å². The van der Waals surface area contributed by atoms with Crippen molar-refractivity contribution in [3.05, 3.63) is 83.3 Å². The van der Waals surface area contributed by atoms with Crippen LogP contribution in [0.25, 0.3) is 11.0 Å². The molecule has 37 heavy (non-hydrogen) atoms. The van der Waals surface area contributed by atoms with E-state index in [1.165, 1.54) is 18.1 Å². The van der Waals surface area contributed by atoms with Gasteiger partial charge in [-0.2, -0.15) is 0 Å². The van der Waals surface area contributed by atoms with Crippen LogP contribution in [-0.4, -0.2) is 56.8 Å². The van der Waals surface area contributed by atoms with E-state index in [0.29, 0.717) is 23.2 Å². The first kappa shape index (κ1) is 24.9. The third-order valence-electron chi connectivity index (χ3n) is 6.18. The number of rotatable bonds is 7. The van der Waals surface area contributed by atoms with Gasteiger partial charge in [-0.15, -0.1) is 16.9 Å². The van der Waals surface area contributed by atoms with Crippen molar-refractivity contribution >= 4 is 34.7 Å². The van der Waals surface area contributed by atoms with Gasteiger partial charge >= 0.3 is 11.9 Å². The van der Waals surface area contributed by atoms with Gasteiger partial charge in [0.25, 0.3) is 0 Å². The highest BCUT2D eigenvalue weighted by Gasteiger charge is 2.40. The smallest absolute Gasteiger partial charge is 0.338 e. The molecule has 1 aliphatic heterocycles. The summed E-state index contributed by atoms with van der Waals surface area (Å²) in [5.74, 6) is -0.939. The molecule has 0 saturated carbocycles. The Kier molecular flexibility index (Phi) is 7.20. The number of hydrogen-bond donors (Lipinski definition) is 0. The summed E-state index contributed by atoms with van der Waals surface area (Å²) in [6.07, 6.45) is 3.70. The van der Waals surface area contributed by atoms with Crippen LogP contribution in [0.1, 0.15) is 44.5 Å². The lowest BCUT2D eigenvalue weighted by atomic mass is 10.1. The Bertz CT molecular complexity index is 1420. The van der Waals surface area contributed by atoms with E-state index in [1.807, 2.05) is 50.6 Å². The third-order valence-corrected chi connectivity index (χ3v) is 6.89. The lowest BCUT2D eigenvalue weighted by Crippen LogP contribution is -2.32. The van der Waals surface area contributed by atoms with Crippen molar-refractivity contribution in [1.29, 1.82) is 0 Å². The average molecular weight is 519 g/mol. The van der Waals surface area contributed by atoms with Crippen LogP contribution >= 0.6 is 11.8 Å². The number of thioether (sulfide) groups is 1. The molecule has 3 heterocycles. The summed E-state index contributed by atoms with van der Waals surface area (Å²) in [6, 6.07) is 14.3. The molecule has 1 aliphatic rings. The van der Waals surface area contributed by atoms with Gasteiger partial charge in [-0.1, -0.05) is 35.4 Å². The number of esters is 2. The number of hydrogen-bond acceptors (Lipinski definition) is 9. The van der Waals surface area contributed by atoms with Crippen LogP contribution in [-0.2, 0) is 14.2 Å². The topological polar surface area (TPSA) is 105 Å². The molecule has 2 aromatic carbocycles. The lowest BCUT2D eigenvalue weighted by Gasteiger charge is -2.19. The Morgan fingerprint density at radius 2 is 1.65 bits per heavy atom. The van der Waals surface area contributed by atoms with Gasteiger partial charge < -0.3 is 14.2 Å². The van der Waals surface area contributed by atoms with Crippen molar-refractivity contribution in [2.75, 3.05) is 12.9 Å². The molecule has 1 saturated heterocycles. The lowest BCUT2D eigenvalue weighted by molar-refractivity contribution is -0.0598. The Labute approximate surface area is 218 Å². The maximum atomic E-state index is 12.9. The molecule has 0 spiro atoms. The number of aromatic nitrogens is 4. The van der Waals surface area contributed by atoms with Gasteiger partial charge in [0.2, 0.25) is 0 Å². The fourth-order valence-electron chi connectivity index (χ4n) is 4.11. The number of carbonyl (C=O) groups excluding carboxylic acids is 2. The van der Waals surface area contributed by atoms with E-state index >= 15 is 0 Å². The standard InChI is InChI=1S/C27H26N4O5S/c1-16-4-8-18(9-5-16)26(32)34-14-22-21(36-27(33)19-10-6-17(2)7-11-19)12-23(35-22)31-13-20-24(30-31)28-15-29-25(20)37-3/h4-11,13,15,21-23H,12,14H2,1-3H3/t21-,22+,23-/m0/s1. The van der Waals surface area contributed by atoms with Gasteiger partial charge in [-0.3, -0.25) is 0 Å². The van der Waals surface area contributed by atoms with Gasteiger partial charge in [0.05, 0.1) is 16.5 Å². The summed E-state index contributed by atoms with van der Waals surface area (Å²) >= 11 is 1.50. The van der Waals surface area contributed by atoms with Crippen molar-refractivity contribution in [3.63, 3.8) is 0 Å². The van der Waals surface area contributed by atoms with Crippen molar-refractivity contribution in [1.82, 2.24) is 19.7 Å². The second-order valence-corrected chi connectivity index (χ2v) is 9.66. The van der Waals surface area contributed by atoms with Gasteiger partial charge in [0, 0.05) is 12.6 Å². The molecule has 1 fully saturated rings. The van der Waals surface area contributed by atoms with E-state index in [4.69, 9.17) is 14.2 Å². The first-order valence-corrected chi connectivity index (χ1v) is 13.0. The summed E-state index contributed by atoms with van der Waals surface area (Å²) in [5.41, 5.74) is 3.51. The minimum absolute atomic E-state index is 0.0777. The normalized spacial score (nSPS) is 19.2. The SMILES string of the molecule is CSc1ncnc2nn([C@@H]3C[C@H](OC(=O)c4ccc(C)cc4)[C@@H](COC(=O)c4ccc(C)cc4)O3)cc12. The minimum Gasteiger partial charge on any atom is -0.459 e. The van der Waals surface area contributed by atoms with E-state index in [1.54, 1.807) is 28.9 Å². The number of ether oxygens (including phenoxy) is 3. The first-order chi connectivity index (χ1) is 17.9. The second kappa shape index (κ2) is 10.7. The second-order valence-electron chi connectivity index (χ2n) is 8.87. The monoisotopic (exact) mass is 518 g/mol. The van der Waals surface area contributed by atoms with Gasteiger partial charge in [-0.25, -0.2) is 24.2 Å². The molecule has 0 amide bonds. The summed E-state index contributed by atoms with van der Waals surface area (Å²) in [7, 11) is 0. The van der Waals surface area contributed by atoms with E-state index in [0.717, 1.165) is 21.5 Å². The Morgan fingerprint density at radius 3 is 2.30 bits per heavy atom. The Hall–Kier alpha value is -3.76. The fourth-order valence-corrected chi connectivity index (χ4v) is 4.62. The molecule has 9 nitrogen and oxygen atoms in total. The number of carbonyl (C=O) groups is 2. The largest absolute Gasteiger partial charge is 0.459 e. The van der Waals surface area contributed by atoms with Gasteiger partial charge in [-0.05, 0) is 44.4 Å². The highest BCUT2D eigenvalue weighted by atomic mass is 32.2. The molecule has 0 aliphatic carbocycles. The molecule has 5 rings (SSSR count). The van der Waals surface area contributed by atoms with Crippen LogP contribution < -0.4 is 0 Å². The van der Waals surface area contributed by atoms with Crippen molar-refractivity contribution in [2.45, 2.75) is 43.7 Å². The molecule has 0 unspecified atom stereocenters. The first-order valence-electron chi connectivity index (χ1n) is 11.8. The number of aryl methyl sites for hydroxylation is 2. The van der Waals surface area contributed by atoms with Crippen LogP contribution in [0.3, 0.4) is 0 Å². The van der Waals surface area contributed by atoms with E-state index in [9.17, 15) is 9.59 Å². The summed E-state index contributed by atoms with van der Waals surface area (Å²) in [5, 5.41) is 6.16. The van der Waals surface area contributed by atoms with Crippen LogP contribution in [0.15, 0.2) is 66.1 Å². The highest BCUT2D eigenvalue weighted by Crippen LogP contribution is 2.33. The predicted octanol–water partition coefficient (Wildman–Crippen LogP) is 4.54. The third kappa shape index (κ3) is 5.50. The number of nitrogens with zero attached hydrogens (tertiary/aromatic N) is 4. The minimum atomic E-state index is -0.674. The maximum Gasteiger partial charge on any atom is 0.338 e. The highest BCUT2D eigenvalue weighted by molar-refractivity contribution is 7.98. The summed E-state index contributed by atoms with van der Waals surface area (Å²) < 4.78 is 19.3. The molecule has 0 radical (unpaired) electrons. The van der Waals surface area contributed by atoms with Gasteiger partial charge in [0.15, 0.2) is 11.9 Å². The number of benzene rings is 2. The zero-order valence-electron chi connectivity index (χ0n) is 20.7. The Balaban J connectivity index is 1.35. The van der Waals surface area contributed by atoms with Crippen molar-refractivity contribution in [2.24, 2.45) is 0 Å². The molecular weight excluding hydrogens is 492 g/mol. The number of fused-ring (bicyclic) bond motifs is 1. The fraction of sp³-hybridized carbons (Fsp3) is 0.296. The zero-order valence-corrected chi connectivity index (χ0v) is 21.5. The molecule has 0 N–H and O–H groups in total. The van der Waals surface area contributed by atoms with E-state index < -0.39 is 30.4 Å².